The topological polar surface area (TPSA) is 821 Å². The fraction of sp³-hybridized carbons (Fsp3) is 0.645. The van der Waals surface area contributed by atoms with Crippen LogP contribution in [0.3, 0.4) is 0 Å². The van der Waals surface area contributed by atoms with Crippen molar-refractivity contribution in [2.24, 2.45) is 0 Å². The molecule has 6 aliphatic rings. The number of aryl methyl sites for hydroxylation is 3. The fourth-order valence-electron chi connectivity index (χ4n) is 16.9. The van der Waals surface area contributed by atoms with Gasteiger partial charge in [0.2, 0.25) is 17.8 Å². The summed E-state index contributed by atoms with van der Waals surface area (Å²) < 4.78 is 197. The molecule has 6 saturated heterocycles. The third-order valence-electron chi connectivity index (χ3n) is 23.9. The zero-order chi connectivity index (χ0) is 107. The van der Waals surface area contributed by atoms with E-state index in [1.807, 2.05) is 0 Å². The highest BCUT2D eigenvalue weighted by Crippen LogP contribution is 2.60. The molecule has 148 heavy (non-hydrogen) atoms. The molecule has 0 bridgehead atoms. The molecule has 0 saturated carbocycles. The maximum atomic E-state index is 15.8. The van der Waals surface area contributed by atoms with E-state index in [0.717, 1.165) is 32.7 Å². The number of nitrogens with zero attached hydrogens (tertiary/aromatic N) is 14. The van der Waals surface area contributed by atoms with Crippen molar-refractivity contribution in [1.29, 1.82) is 0 Å². The van der Waals surface area contributed by atoms with Crippen LogP contribution < -0.4 is 68.0 Å². The lowest BCUT2D eigenvalue weighted by molar-refractivity contribution is -0.0836. The zero-order valence-electron chi connectivity index (χ0n) is 79.8. The number of phosphoric acid groups is 1. The third kappa shape index (κ3) is 26.4. The highest BCUT2D eigenvalue weighted by molar-refractivity contribution is 8.44. The second-order valence-electron chi connectivity index (χ2n) is 33.8. The number of nitrogens with one attached hydrogen (secondary N) is 4. The van der Waals surface area contributed by atoms with Crippen LogP contribution in [0.4, 0.5) is 29.5 Å². The van der Waals surface area contributed by atoms with E-state index in [0.29, 0.717) is 5.56 Å². The smallest absolute Gasteiger partial charge is 0.387 e. The lowest BCUT2D eigenvalue weighted by Crippen LogP contribution is -2.41. The van der Waals surface area contributed by atoms with E-state index in [9.17, 15) is 58.2 Å². The number of anilines is 5. The van der Waals surface area contributed by atoms with Crippen LogP contribution in [0.5, 0.6) is 0 Å². The second kappa shape index (κ2) is 48.8. The summed E-state index contributed by atoms with van der Waals surface area (Å²) in [5, 5.41) is 11.9. The molecule has 818 valence electrons. The molecule has 11 unspecified atom stereocenters. The van der Waals surface area contributed by atoms with Crippen molar-refractivity contribution in [2.45, 2.75) is 182 Å². The molecule has 9 aromatic rings. The Labute approximate surface area is 855 Å². The molecule has 15 heterocycles. The molecular weight excluding hydrogens is 2160 g/mol. The van der Waals surface area contributed by atoms with E-state index in [2.05, 4.69) is 72.1 Å². The number of aromatic nitrogens is 18. The molecule has 0 radical (unpaired) electrons. The number of phosphoric ester groups is 1. The number of fused-ring (bicyclic) bond motifs is 3. The van der Waals surface area contributed by atoms with Gasteiger partial charge in [-0.15, -0.1) is 0 Å². The summed E-state index contributed by atoms with van der Waals surface area (Å²) in [5.74, 6) is -1.48. The van der Waals surface area contributed by atoms with Gasteiger partial charge in [-0.2, -0.15) is 24.9 Å². The van der Waals surface area contributed by atoms with Crippen LogP contribution >= 0.6 is 47.0 Å². The summed E-state index contributed by atoms with van der Waals surface area (Å²) in [6, 6.07) is 0. The minimum atomic E-state index is -5.82. The molecule has 0 aromatic carbocycles. The standard InChI is InChI=1S/C76H110N23O40P5S4/c1-10-36-37(21-43(129-36)94-24-35(4)62(101)93-76(94)107)135-141(110,145)126-27-40-48(53(120-17-12-115-6)68(132-40)97-30-82-44-59(97)87-71(79)90-63(44)102)136-140(108,109)124-26-39-49(54(121-18-13-116-7)67(131-39)96-23-34(3)58(78)86-75(96)106)137-143(112,147)127-29-42-51(56(123-20-15-118-9)70(134-42)99-32-84-46-61(99)89-73(81)92-65(46)104)139-144(113,148)128-28-41-50(55(122-19-14-117-8)69(133-41)98-31-83-45-60(98)88-72(80)91-64(45)103)138-142(111,146)125-25-38-47(100)52(119-16-11-114-5)66(130-38)95-22-33(2)57(77)85-74(95)105/h22-24,30-32,36-43,47-56,66-70,100H,10-21,25-29H2,1-9H3,(H,108,109)(H,110,145)(H,111,146)(H,112,147)(H,113,148)(H2,77,85,105)(H2,78,86,106)(H,93,101,107)(H3,79,87,90,102)(H3,80,88,91,103)(H3,81,89,92,104)/t36-,37?,38-,39-,40-,41-,42-,43-,47?,48?,49?,50?,51?,52+,53+,54+,55+,56+,66-,67-,68-,69-,70-,141?,142?,143?,144?/m1/s1. The van der Waals surface area contributed by atoms with Crippen molar-refractivity contribution in [1.82, 2.24) is 87.2 Å². The summed E-state index contributed by atoms with van der Waals surface area (Å²) in [5.41, 5.74) is 23.8. The van der Waals surface area contributed by atoms with Crippen LogP contribution in [0.25, 0.3) is 33.5 Å². The summed E-state index contributed by atoms with van der Waals surface area (Å²) >= 11 is 21.7. The van der Waals surface area contributed by atoms with Crippen molar-refractivity contribution in [3.05, 3.63) is 127 Å². The number of aliphatic hydroxyl groups excluding tert-OH is 1. The van der Waals surface area contributed by atoms with Crippen LogP contribution in [-0.2, 0) is 166 Å². The van der Waals surface area contributed by atoms with Crippen molar-refractivity contribution >= 4 is 145 Å². The van der Waals surface area contributed by atoms with Crippen LogP contribution in [0, 0.1) is 20.8 Å². The third-order valence-corrected chi connectivity index (χ3v) is 31.2. The fourth-order valence-corrected chi connectivity index (χ4v) is 23.7. The molecule has 63 nitrogen and oxygen atoms in total. The number of aliphatic hydroxyl groups is 1. The van der Waals surface area contributed by atoms with Crippen LogP contribution in [0.15, 0.2) is 71.1 Å². The normalized spacial score (nSPS) is 28.9. The molecule has 0 amide bonds. The van der Waals surface area contributed by atoms with Crippen molar-refractivity contribution in [3.63, 3.8) is 0 Å². The first-order chi connectivity index (χ1) is 70.3. The lowest BCUT2D eigenvalue weighted by atomic mass is 10.1. The number of nitrogen functional groups attached to an aromatic ring is 5. The van der Waals surface area contributed by atoms with Gasteiger partial charge in [0.25, 0.3) is 22.2 Å². The quantitative estimate of drug-likeness (QED) is 0.0109. The van der Waals surface area contributed by atoms with Gasteiger partial charge in [0, 0.05) is 77.3 Å². The number of methoxy groups -OCH3 is 5. The Bertz CT molecular complexity index is 6910. The zero-order valence-corrected chi connectivity index (χ0v) is 87.7. The van der Waals surface area contributed by atoms with Gasteiger partial charge in [-0.3, -0.25) is 93.7 Å². The van der Waals surface area contributed by atoms with Crippen LogP contribution in [0.2, 0.25) is 0 Å². The van der Waals surface area contributed by atoms with Gasteiger partial charge in [-0.1, -0.05) is 19.2 Å². The number of imidazole rings is 3. The largest absolute Gasteiger partial charge is 0.472 e. The number of aromatic amines is 4. The molecule has 6 fully saturated rings. The number of ether oxygens (including phenoxy) is 16. The maximum Gasteiger partial charge on any atom is 0.472 e. The summed E-state index contributed by atoms with van der Waals surface area (Å²) in [4.78, 5) is 186. The Kier molecular flexibility index (Phi) is 37.6. The summed E-state index contributed by atoms with van der Waals surface area (Å²) in [6.07, 6.45) is -29.2. The van der Waals surface area contributed by atoms with Gasteiger partial charge in [0.15, 0.2) is 64.6 Å². The average Bonchev–Trinajstić information content (AvgIpc) is 1.62. The van der Waals surface area contributed by atoms with Gasteiger partial charge < -0.3 is 147 Å². The summed E-state index contributed by atoms with van der Waals surface area (Å²) in [6.45, 7) is -20.4. The minimum absolute atomic E-state index is 0.0342. The second-order valence-corrected chi connectivity index (χ2v) is 46.4. The van der Waals surface area contributed by atoms with Crippen LogP contribution in [-0.4, -0.2) is 350 Å². The van der Waals surface area contributed by atoms with E-state index < -0.39 is 254 Å². The summed E-state index contributed by atoms with van der Waals surface area (Å²) in [7, 11) is 0.927. The molecule has 28 atom stereocenters. The number of thiol groups is 1. The molecule has 72 heteroatoms. The molecule has 0 spiro atoms. The molecule has 6 aliphatic heterocycles. The number of nitrogens with two attached hydrogens (primary N) is 5. The first-order valence-electron chi connectivity index (χ1n) is 45.0. The van der Waals surface area contributed by atoms with E-state index >= 15 is 9.13 Å². The Hall–Kier alpha value is -7.99. The molecule has 0 aliphatic carbocycles. The van der Waals surface area contributed by atoms with Gasteiger partial charge in [0.05, 0.1) is 130 Å². The van der Waals surface area contributed by atoms with E-state index in [1.165, 1.54) is 81.7 Å². The van der Waals surface area contributed by atoms with Crippen molar-refractivity contribution < 1.29 is 155 Å². The minimum Gasteiger partial charge on any atom is -0.387 e. The molecule has 9 aromatic heterocycles. The Morgan fingerprint density at radius 3 is 1.12 bits per heavy atom. The predicted molar refractivity (Wildman–Crippen MR) is 522 cm³/mol. The Balaban J connectivity index is 0.732. The SMILES string of the molecule is CC[C@H]1O[C@@H](n2cc(C)c(=O)[nH]c2=O)CC1OP(O)(=S)OC[C@H]1O[C@@H](n2cnc3c(=O)[nH]c(N)nc32)[C@@H](OCCOC)C1OP(=O)(O)OC[C@H]1O[C@@H](n2cc(C)c(N)nc2=O)[C@@H](OCCOC)C1OP(=O)(S)OC[C@H]1O[C@@H](n2cnc3c(=O)[nH]c(N)nc32)[C@@H](OCCOC)C1OP(O)(=S)OC[C@H]1O[C@@H](n2cnc3c(=O)[nH]c(N)nc32)[C@@H](OCCOC)C1OP(O)(=S)OC[C@H]1O[C@@H](n2cc(C)c(N)nc2=O)[C@@H](OCCOC)C1O. The van der Waals surface area contributed by atoms with Gasteiger partial charge in [0.1, 0.15) is 109 Å². The highest BCUT2D eigenvalue weighted by Gasteiger charge is 2.59. The Morgan fingerprint density at radius 2 is 0.730 bits per heavy atom. The molecular formula is C76H110N23O40P5S4. The average molecular weight is 2270 g/mol. The van der Waals surface area contributed by atoms with Crippen molar-refractivity contribution in [3.8, 4) is 0 Å². The highest BCUT2D eigenvalue weighted by atomic mass is 32.7. The van der Waals surface area contributed by atoms with Gasteiger partial charge in [-0.25, -0.2) is 38.5 Å². The predicted octanol–water partition coefficient (Wildman–Crippen LogP) is -2.21. The first-order valence-corrected chi connectivity index (χ1v) is 56.9. The van der Waals surface area contributed by atoms with E-state index in [-0.39, 0.29) is 147 Å². The van der Waals surface area contributed by atoms with Gasteiger partial charge >= 0.3 is 51.8 Å². The van der Waals surface area contributed by atoms with Crippen molar-refractivity contribution in [2.75, 3.05) is 163 Å². The number of H-pyrrole nitrogens is 4. The number of hydrogen-bond acceptors (Lipinski definition) is 52. The Morgan fingerprint density at radius 1 is 0.399 bits per heavy atom. The molecule has 15 rings (SSSR count). The number of rotatable bonds is 52. The van der Waals surface area contributed by atoms with E-state index in [4.69, 9.17) is 185 Å². The molecule has 19 N–H and O–H groups in total. The lowest BCUT2D eigenvalue weighted by Gasteiger charge is -2.30. The maximum absolute atomic E-state index is 15.8. The van der Waals surface area contributed by atoms with Crippen LogP contribution in [0.1, 0.15) is 73.8 Å². The van der Waals surface area contributed by atoms with E-state index in [1.54, 1.807) is 13.8 Å². The number of hydrogen-bond donors (Lipinski definition) is 15. The monoisotopic (exact) mass is 2270 g/mol. The first kappa shape index (κ1) is 114. The van der Waals surface area contributed by atoms with Gasteiger partial charge in [-0.05, 0) is 62.6 Å².